The van der Waals surface area contributed by atoms with Crippen molar-refractivity contribution in [1.82, 2.24) is 0 Å². The molecule has 5 heteroatoms. The van der Waals surface area contributed by atoms with Crippen molar-refractivity contribution in [3.8, 4) is 0 Å². The van der Waals surface area contributed by atoms with E-state index in [-0.39, 0.29) is 10.6 Å². The van der Waals surface area contributed by atoms with Crippen molar-refractivity contribution in [2.45, 2.75) is 6.92 Å². The van der Waals surface area contributed by atoms with E-state index in [4.69, 9.17) is 4.74 Å². The van der Waals surface area contributed by atoms with E-state index in [0.29, 0.717) is 32.0 Å². The second-order valence-corrected chi connectivity index (χ2v) is 3.85. The highest BCUT2D eigenvalue weighted by molar-refractivity contribution is 5.64. The van der Waals surface area contributed by atoms with Crippen LogP contribution in [0.5, 0.6) is 0 Å². The van der Waals surface area contributed by atoms with Crippen LogP contribution in [-0.2, 0) is 4.74 Å². The predicted octanol–water partition coefficient (Wildman–Crippen LogP) is 1.74. The van der Waals surface area contributed by atoms with Crippen molar-refractivity contribution in [2.24, 2.45) is 0 Å². The Hall–Kier alpha value is -1.62. The molecule has 1 aliphatic rings. The molecule has 0 radical (unpaired) electrons. The van der Waals surface area contributed by atoms with Crippen molar-refractivity contribution in [3.05, 3.63) is 33.9 Å². The Kier molecular flexibility index (Phi) is 3.05. The number of benzene rings is 1. The van der Waals surface area contributed by atoms with Crippen LogP contribution in [0.15, 0.2) is 18.2 Å². The molecule has 1 heterocycles. The molecule has 5 nitrogen and oxygen atoms in total. The van der Waals surface area contributed by atoms with Gasteiger partial charge in [0.25, 0.3) is 5.69 Å². The molecule has 0 bridgehead atoms. The molecule has 1 fully saturated rings. The molecule has 1 aromatic rings. The van der Waals surface area contributed by atoms with E-state index < -0.39 is 0 Å². The molecular weight excluding hydrogens is 208 g/mol. The van der Waals surface area contributed by atoms with Crippen LogP contribution in [0.1, 0.15) is 5.56 Å². The highest BCUT2D eigenvalue weighted by Gasteiger charge is 2.20. The zero-order chi connectivity index (χ0) is 11.5. The van der Waals surface area contributed by atoms with Gasteiger partial charge in [-0.3, -0.25) is 10.1 Å². The van der Waals surface area contributed by atoms with Crippen LogP contribution < -0.4 is 4.90 Å². The van der Waals surface area contributed by atoms with Gasteiger partial charge in [-0.25, -0.2) is 0 Å². The van der Waals surface area contributed by atoms with Gasteiger partial charge in [0.05, 0.1) is 18.1 Å². The largest absolute Gasteiger partial charge is 0.378 e. The molecule has 0 atom stereocenters. The number of hydrogen-bond acceptors (Lipinski definition) is 4. The molecule has 0 amide bonds. The normalized spacial score (nSPS) is 16.2. The van der Waals surface area contributed by atoms with Gasteiger partial charge in [0.15, 0.2) is 0 Å². The highest BCUT2D eigenvalue weighted by Crippen LogP contribution is 2.29. The van der Waals surface area contributed by atoms with E-state index in [1.807, 2.05) is 24.0 Å². The fraction of sp³-hybridized carbons (Fsp3) is 0.455. The number of morpholine rings is 1. The third kappa shape index (κ3) is 2.14. The highest BCUT2D eigenvalue weighted by atomic mass is 16.6. The standard InChI is InChI=1S/C11H14N2O3/c1-9-2-3-10(11(8-9)13(14)15)12-4-6-16-7-5-12/h2-3,8H,4-7H2,1H3. The Bertz CT molecular complexity index is 400. The van der Waals surface area contributed by atoms with Gasteiger partial charge in [0.1, 0.15) is 5.69 Å². The molecule has 0 unspecified atom stereocenters. The van der Waals surface area contributed by atoms with Crippen LogP contribution in [0.3, 0.4) is 0 Å². The zero-order valence-corrected chi connectivity index (χ0v) is 9.18. The number of hydrogen-bond donors (Lipinski definition) is 0. The minimum Gasteiger partial charge on any atom is -0.378 e. The van der Waals surface area contributed by atoms with Crippen molar-refractivity contribution in [3.63, 3.8) is 0 Å². The Labute approximate surface area is 93.8 Å². The summed E-state index contributed by atoms with van der Waals surface area (Å²) < 4.78 is 5.23. The first kappa shape index (κ1) is 10.9. The Morgan fingerprint density at radius 2 is 2.06 bits per heavy atom. The first-order valence-electron chi connectivity index (χ1n) is 5.26. The number of ether oxygens (including phenoxy) is 1. The molecule has 0 aromatic heterocycles. The van der Waals surface area contributed by atoms with E-state index in [1.165, 1.54) is 0 Å². The molecule has 1 saturated heterocycles. The maximum Gasteiger partial charge on any atom is 0.292 e. The topological polar surface area (TPSA) is 55.6 Å². The van der Waals surface area contributed by atoms with Crippen LogP contribution in [0.4, 0.5) is 11.4 Å². The zero-order valence-electron chi connectivity index (χ0n) is 9.18. The summed E-state index contributed by atoms with van der Waals surface area (Å²) in [5.74, 6) is 0. The summed E-state index contributed by atoms with van der Waals surface area (Å²) in [6, 6.07) is 5.33. The van der Waals surface area contributed by atoms with Gasteiger partial charge in [-0.15, -0.1) is 0 Å². The molecule has 1 aromatic carbocycles. The minimum atomic E-state index is -0.322. The van der Waals surface area contributed by atoms with Crippen LogP contribution >= 0.6 is 0 Å². The van der Waals surface area contributed by atoms with E-state index in [2.05, 4.69) is 0 Å². The molecule has 2 rings (SSSR count). The molecule has 0 N–H and O–H groups in total. The molecule has 0 aliphatic carbocycles. The van der Waals surface area contributed by atoms with Crippen molar-refractivity contribution in [1.29, 1.82) is 0 Å². The monoisotopic (exact) mass is 222 g/mol. The summed E-state index contributed by atoms with van der Waals surface area (Å²) in [6.07, 6.45) is 0. The summed E-state index contributed by atoms with van der Waals surface area (Å²) in [7, 11) is 0. The fourth-order valence-electron chi connectivity index (χ4n) is 1.85. The number of nitro groups is 1. The number of nitrogens with zero attached hydrogens (tertiary/aromatic N) is 2. The Morgan fingerprint density at radius 1 is 1.38 bits per heavy atom. The quantitative estimate of drug-likeness (QED) is 0.565. The van der Waals surface area contributed by atoms with Crippen LogP contribution in [0.25, 0.3) is 0 Å². The molecule has 1 aliphatic heterocycles. The van der Waals surface area contributed by atoms with Crippen LogP contribution in [0, 0.1) is 17.0 Å². The van der Waals surface area contributed by atoms with Crippen molar-refractivity contribution < 1.29 is 9.66 Å². The smallest absolute Gasteiger partial charge is 0.292 e. The van der Waals surface area contributed by atoms with Crippen LogP contribution in [0.2, 0.25) is 0 Å². The number of aryl methyl sites for hydroxylation is 1. The lowest BCUT2D eigenvalue weighted by Gasteiger charge is -2.28. The van der Waals surface area contributed by atoms with Crippen molar-refractivity contribution in [2.75, 3.05) is 31.2 Å². The van der Waals surface area contributed by atoms with Gasteiger partial charge in [-0.05, 0) is 18.6 Å². The van der Waals surface area contributed by atoms with E-state index in [1.54, 1.807) is 6.07 Å². The SMILES string of the molecule is Cc1ccc(N2CCOCC2)c([N+](=O)[O-])c1. The fourth-order valence-corrected chi connectivity index (χ4v) is 1.85. The summed E-state index contributed by atoms with van der Waals surface area (Å²) >= 11 is 0. The van der Waals surface area contributed by atoms with Crippen molar-refractivity contribution >= 4 is 11.4 Å². The predicted molar refractivity (Wildman–Crippen MR) is 60.9 cm³/mol. The van der Waals surface area contributed by atoms with Gasteiger partial charge in [-0.2, -0.15) is 0 Å². The summed E-state index contributed by atoms with van der Waals surface area (Å²) in [6.45, 7) is 4.54. The Balaban J connectivity index is 2.34. The summed E-state index contributed by atoms with van der Waals surface area (Å²) in [4.78, 5) is 12.6. The molecular formula is C11H14N2O3. The molecule has 16 heavy (non-hydrogen) atoms. The van der Waals surface area contributed by atoms with E-state index in [0.717, 1.165) is 5.56 Å². The third-order valence-electron chi connectivity index (χ3n) is 2.68. The molecule has 0 saturated carbocycles. The van der Waals surface area contributed by atoms with Gasteiger partial charge >= 0.3 is 0 Å². The molecule has 86 valence electrons. The first-order valence-corrected chi connectivity index (χ1v) is 5.26. The second kappa shape index (κ2) is 4.49. The van der Waals surface area contributed by atoms with E-state index >= 15 is 0 Å². The first-order chi connectivity index (χ1) is 7.68. The lowest BCUT2D eigenvalue weighted by atomic mass is 10.1. The lowest BCUT2D eigenvalue weighted by molar-refractivity contribution is -0.384. The average Bonchev–Trinajstić information content (AvgIpc) is 2.30. The number of rotatable bonds is 2. The van der Waals surface area contributed by atoms with Gasteiger partial charge in [-0.1, -0.05) is 6.07 Å². The second-order valence-electron chi connectivity index (χ2n) is 3.85. The van der Waals surface area contributed by atoms with Gasteiger partial charge in [0.2, 0.25) is 0 Å². The molecule has 0 spiro atoms. The lowest BCUT2D eigenvalue weighted by Crippen LogP contribution is -2.36. The minimum absolute atomic E-state index is 0.182. The summed E-state index contributed by atoms with van der Waals surface area (Å²) in [5.41, 5.74) is 1.78. The van der Waals surface area contributed by atoms with Gasteiger partial charge in [0, 0.05) is 19.2 Å². The maximum atomic E-state index is 11.0. The third-order valence-corrected chi connectivity index (χ3v) is 2.68. The summed E-state index contributed by atoms with van der Waals surface area (Å²) in [5, 5.41) is 11.0. The number of nitro benzene ring substituents is 1. The Morgan fingerprint density at radius 3 is 2.69 bits per heavy atom. The maximum absolute atomic E-state index is 11.0. The van der Waals surface area contributed by atoms with Gasteiger partial charge < -0.3 is 9.64 Å². The average molecular weight is 222 g/mol. The van der Waals surface area contributed by atoms with E-state index in [9.17, 15) is 10.1 Å². The number of anilines is 1. The van der Waals surface area contributed by atoms with Crippen LogP contribution in [-0.4, -0.2) is 31.2 Å².